The number of esters is 1. The SMILES string of the molecule is CCOC(=O)c1cnc(Nc2cccc(O)c2)nc1Nc1cccc(O)c1. The van der Waals surface area contributed by atoms with Crippen LogP contribution in [0, 0.1) is 0 Å². The molecule has 0 aliphatic carbocycles. The lowest BCUT2D eigenvalue weighted by Crippen LogP contribution is -2.11. The Labute approximate surface area is 155 Å². The predicted octanol–water partition coefficient (Wildman–Crippen LogP) is 3.55. The largest absolute Gasteiger partial charge is 0.508 e. The first-order valence-corrected chi connectivity index (χ1v) is 8.21. The van der Waals surface area contributed by atoms with Crippen LogP contribution >= 0.6 is 0 Å². The number of ether oxygens (including phenoxy) is 1. The molecule has 0 saturated heterocycles. The van der Waals surface area contributed by atoms with Crippen molar-refractivity contribution in [1.29, 1.82) is 0 Å². The van der Waals surface area contributed by atoms with Crippen molar-refractivity contribution in [3.8, 4) is 11.5 Å². The quantitative estimate of drug-likeness (QED) is 0.489. The van der Waals surface area contributed by atoms with Gasteiger partial charge in [-0.3, -0.25) is 0 Å². The summed E-state index contributed by atoms with van der Waals surface area (Å²) in [6, 6.07) is 12.9. The fraction of sp³-hybridized carbons (Fsp3) is 0.105. The normalized spacial score (nSPS) is 10.3. The number of benzene rings is 2. The van der Waals surface area contributed by atoms with Gasteiger partial charge in [-0.2, -0.15) is 4.98 Å². The summed E-state index contributed by atoms with van der Waals surface area (Å²) in [5.41, 5.74) is 1.28. The van der Waals surface area contributed by atoms with E-state index in [0.717, 1.165) is 0 Å². The van der Waals surface area contributed by atoms with E-state index >= 15 is 0 Å². The molecule has 0 bridgehead atoms. The van der Waals surface area contributed by atoms with Gasteiger partial charge < -0.3 is 25.6 Å². The van der Waals surface area contributed by atoms with Crippen LogP contribution in [0.4, 0.5) is 23.1 Å². The van der Waals surface area contributed by atoms with E-state index in [9.17, 15) is 15.0 Å². The molecule has 0 aliphatic heterocycles. The van der Waals surface area contributed by atoms with Gasteiger partial charge in [-0.1, -0.05) is 12.1 Å². The van der Waals surface area contributed by atoms with E-state index in [4.69, 9.17) is 4.74 Å². The lowest BCUT2D eigenvalue weighted by atomic mass is 10.2. The Bertz CT molecular complexity index is 962. The molecule has 2 aromatic carbocycles. The number of carbonyl (C=O) groups excluding carboxylic acids is 1. The minimum absolute atomic E-state index is 0.0739. The molecule has 0 spiro atoms. The Morgan fingerprint density at radius 1 is 1.04 bits per heavy atom. The summed E-state index contributed by atoms with van der Waals surface area (Å²) >= 11 is 0. The first kappa shape index (κ1) is 18.0. The van der Waals surface area contributed by atoms with Crippen molar-refractivity contribution < 1.29 is 19.7 Å². The second-order valence-corrected chi connectivity index (χ2v) is 5.53. The van der Waals surface area contributed by atoms with Crippen LogP contribution in [0.25, 0.3) is 0 Å². The first-order valence-electron chi connectivity index (χ1n) is 8.21. The average Bonchev–Trinajstić information content (AvgIpc) is 2.62. The molecule has 0 unspecified atom stereocenters. The fourth-order valence-electron chi connectivity index (χ4n) is 2.33. The maximum absolute atomic E-state index is 12.2. The highest BCUT2D eigenvalue weighted by Gasteiger charge is 2.16. The number of phenolic OH excluding ortho intramolecular Hbond substituents is 2. The Morgan fingerprint density at radius 3 is 2.26 bits per heavy atom. The number of hydrogen-bond acceptors (Lipinski definition) is 8. The maximum Gasteiger partial charge on any atom is 0.343 e. The summed E-state index contributed by atoms with van der Waals surface area (Å²) in [7, 11) is 0. The minimum atomic E-state index is -0.566. The topological polar surface area (TPSA) is 117 Å². The van der Waals surface area contributed by atoms with Crippen LogP contribution in [0.15, 0.2) is 54.7 Å². The zero-order valence-corrected chi connectivity index (χ0v) is 14.5. The van der Waals surface area contributed by atoms with Crippen molar-refractivity contribution in [1.82, 2.24) is 9.97 Å². The number of aromatic hydroxyl groups is 2. The predicted molar refractivity (Wildman–Crippen MR) is 101 cm³/mol. The molecule has 138 valence electrons. The van der Waals surface area contributed by atoms with E-state index in [2.05, 4.69) is 20.6 Å². The van der Waals surface area contributed by atoms with Gasteiger partial charge in [0.25, 0.3) is 0 Å². The molecule has 0 aliphatic rings. The molecule has 8 nitrogen and oxygen atoms in total. The van der Waals surface area contributed by atoms with Crippen molar-refractivity contribution in [2.45, 2.75) is 6.92 Å². The number of carbonyl (C=O) groups is 1. The van der Waals surface area contributed by atoms with E-state index in [-0.39, 0.29) is 35.4 Å². The van der Waals surface area contributed by atoms with Crippen molar-refractivity contribution in [3.05, 3.63) is 60.3 Å². The fourth-order valence-corrected chi connectivity index (χ4v) is 2.33. The highest BCUT2D eigenvalue weighted by Crippen LogP contribution is 2.25. The van der Waals surface area contributed by atoms with Gasteiger partial charge in [-0.25, -0.2) is 9.78 Å². The summed E-state index contributed by atoms with van der Waals surface area (Å²) in [5.74, 6) is 0.0446. The van der Waals surface area contributed by atoms with Crippen molar-refractivity contribution in [2.75, 3.05) is 17.2 Å². The third-order valence-electron chi connectivity index (χ3n) is 3.50. The Hall–Kier alpha value is -3.81. The number of nitrogens with zero attached hydrogens (tertiary/aromatic N) is 2. The zero-order chi connectivity index (χ0) is 19.2. The van der Waals surface area contributed by atoms with Crippen molar-refractivity contribution in [2.24, 2.45) is 0 Å². The second-order valence-electron chi connectivity index (χ2n) is 5.53. The van der Waals surface area contributed by atoms with E-state index in [0.29, 0.717) is 11.4 Å². The van der Waals surface area contributed by atoms with Crippen LogP contribution in [0.1, 0.15) is 17.3 Å². The highest BCUT2D eigenvalue weighted by atomic mass is 16.5. The highest BCUT2D eigenvalue weighted by molar-refractivity contribution is 5.95. The van der Waals surface area contributed by atoms with Gasteiger partial charge in [0, 0.05) is 29.7 Å². The lowest BCUT2D eigenvalue weighted by Gasteiger charge is -2.12. The molecule has 4 N–H and O–H groups in total. The van der Waals surface area contributed by atoms with Crippen LogP contribution < -0.4 is 10.6 Å². The third kappa shape index (κ3) is 4.63. The average molecular weight is 366 g/mol. The Morgan fingerprint density at radius 2 is 1.67 bits per heavy atom. The van der Waals surface area contributed by atoms with Crippen LogP contribution in [-0.4, -0.2) is 32.8 Å². The summed E-state index contributed by atoms with van der Waals surface area (Å²) in [5, 5.41) is 25.1. The molecule has 0 atom stereocenters. The van der Waals surface area contributed by atoms with Gasteiger partial charge in [0.2, 0.25) is 5.95 Å². The molecule has 3 aromatic rings. The first-order chi connectivity index (χ1) is 13.0. The number of hydrogen-bond donors (Lipinski definition) is 4. The van der Waals surface area contributed by atoms with Crippen molar-refractivity contribution >= 4 is 29.1 Å². The zero-order valence-electron chi connectivity index (χ0n) is 14.5. The summed E-state index contributed by atoms with van der Waals surface area (Å²) in [6.07, 6.45) is 1.35. The molecule has 0 amide bonds. The smallest absolute Gasteiger partial charge is 0.343 e. The van der Waals surface area contributed by atoms with E-state index in [1.165, 1.54) is 24.4 Å². The van der Waals surface area contributed by atoms with Gasteiger partial charge in [0.1, 0.15) is 17.1 Å². The monoisotopic (exact) mass is 366 g/mol. The number of rotatable bonds is 6. The van der Waals surface area contributed by atoms with Gasteiger partial charge in [-0.05, 0) is 31.2 Å². The third-order valence-corrected chi connectivity index (χ3v) is 3.50. The summed E-state index contributed by atoms with van der Waals surface area (Å²) in [4.78, 5) is 20.7. The maximum atomic E-state index is 12.2. The van der Waals surface area contributed by atoms with Crippen LogP contribution in [0.2, 0.25) is 0 Å². The summed E-state index contributed by atoms with van der Waals surface area (Å²) in [6.45, 7) is 1.92. The number of aromatic nitrogens is 2. The standard InChI is InChI=1S/C19H18N4O4/c1-2-27-18(26)16-11-20-19(22-13-6-4-8-15(25)10-13)23-17(16)21-12-5-3-7-14(24)9-12/h3-11,24-25H,2H2,1H3,(H2,20,21,22,23). The van der Waals surface area contributed by atoms with Crippen LogP contribution in [-0.2, 0) is 4.74 Å². The van der Waals surface area contributed by atoms with E-state index in [1.54, 1.807) is 37.3 Å². The molecule has 27 heavy (non-hydrogen) atoms. The Kier molecular flexibility index (Phi) is 5.36. The Balaban J connectivity index is 1.94. The number of nitrogens with one attached hydrogen (secondary N) is 2. The molecule has 1 heterocycles. The molecule has 3 rings (SSSR count). The van der Waals surface area contributed by atoms with Crippen LogP contribution in [0.5, 0.6) is 11.5 Å². The van der Waals surface area contributed by atoms with Crippen LogP contribution in [0.3, 0.4) is 0 Å². The summed E-state index contributed by atoms with van der Waals surface area (Å²) < 4.78 is 5.04. The molecule has 8 heteroatoms. The second kappa shape index (κ2) is 8.05. The van der Waals surface area contributed by atoms with Gasteiger partial charge in [0.05, 0.1) is 6.61 Å². The number of anilines is 4. The molecule has 0 fully saturated rings. The minimum Gasteiger partial charge on any atom is -0.508 e. The van der Waals surface area contributed by atoms with E-state index < -0.39 is 5.97 Å². The molecule has 0 saturated carbocycles. The van der Waals surface area contributed by atoms with E-state index in [1.807, 2.05) is 0 Å². The molecule has 0 radical (unpaired) electrons. The van der Waals surface area contributed by atoms with Gasteiger partial charge >= 0.3 is 5.97 Å². The lowest BCUT2D eigenvalue weighted by molar-refractivity contribution is 0.0526. The van der Waals surface area contributed by atoms with Gasteiger partial charge in [0.15, 0.2) is 5.82 Å². The molecular formula is C19H18N4O4. The molecular weight excluding hydrogens is 348 g/mol. The molecule has 1 aromatic heterocycles. The number of phenols is 2. The van der Waals surface area contributed by atoms with Gasteiger partial charge in [-0.15, -0.1) is 0 Å². The van der Waals surface area contributed by atoms with Crippen molar-refractivity contribution in [3.63, 3.8) is 0 Å².